The molecule has 26 heteroatoms. The predicted octanol–water partition coefficient (Wildman–Crippen LogP) is 0.0480. The summed E-state index contributed by atoms with van der Waals surface area (Å²) in [5, 5.41) is 39.0. The summed E-state index contributed by atoms with van der Waals surface area (Å²) in [4.78, 5) is 159. The number of imide groups is 1. The van der Waals surface area contributed by atoms with E-state index in [1.165, 1.54) is 10.6 Å². The number of aromatic nitrogens is 2. The van der Waals surface area contributed by atoms with Crippen molar-refractivity contribution >= 4 is 76.0 Å². The first kappa shape index (κ1) is 59.9. The molecule has 5 heterocycles. The Morgan fingerprint density at radius 1 is 0.783 bits per heavy atom. The van der Waals surface area contributed by atoms with Gasteiger partial charge >= 0.3 is 11.9 Å². The Balaban J connectivity index is 0.794. The van der Waals surface area contributed by atoms with Crippen LogP contribution >= 0.6 is 0 Å². The van der Waals surface area contributed by atoms with Crippen LogP contribution < -0.4 is 42.8 Å². The number of nitrogens with zero attached hydrogens (tertiary/aromatic N) is 3. The number of nitrogens with one attached hydrogen (secondary N) is 7. The first-order valence-corrected chi connectivity index (χ1v) is 27.2. The van der Waals surface area contributed by atoms with Crippen LogP contribution in [-0.4, -0.2) is 135 Å². The maximum Gasteiger partial charge on any atom is 0.343 e. The van der Waals surface area contributed by atoms with Crippen LogP contribution in [0.5, 0.6) is 0 Å². The van der Waals surface area contributed by atoms with Gasteiger partial charge in [-0.15, -0.1) is 0 Å². The number of carboxylic acids is 1. The van der Waals surface area contributed by atoms with Crippen LogP contribution in [-0.2, 0) is 89.1 Å². The Hall–Kier alpha value is -9.20. The molecule has 0 radical (unpaired) electrons. The molecule has 4 aromatic rings. The van der Waals surface area contributed by atoms with E-state index in [-0.39, 0.29) is 75.4 Å². The number of ether oxygens (including phenoxy) is 1. The molecule has 0 saturated carbocycles. The molecular formula is C57H63FN10O15. The number of fused-ring (bicyclic) bond motifs is 5. The highest BCUT2D eigenvalue weighted by atomic mass is 19.1. The van der Waals surface area contributed by atoms with Gasteiger partial charge < -0.3 is 56.7 Å². The lowest BCUT2D eigenvalue weighted by molar-refractivity contribution is -0.172. The number of halogens is 1. The van der Waals surface area contributed by atoms with E-state index in [1.807, 2.05) is 0 Å². The third kappa shape index (κ3) is 13.8. The number of rotatable bonds is 26. The van der Waals surface area contributed by atoms with Crippen LogP contribution in [0.2, 0.25) is 0 Å². The standard InChI is InChI=1S/C57H63FN10O15/c1-3-57(82)35-22-41-52-33(28-68(41)55(80)34(35)29-83-56(57)81)51-37(16-15-32-30(2)36(58)23-38(66-52)50(32)51)63-43(70)14-10-19-59-44(71)25-61-53(78)39(21-31-11-6-4-7-12-31)65-46(73)27-60-45(72)26-62-54(79)40(24-49(76)77)64-42(69)13-8-5-9-20-67-47(74)17-18-48(67)75/h4,6-7,11-12,17-18,22-23,37,39-40,82H,3,5,8-10,13-16,19-21,24-29H2,1-2H3,(H,59,71)(H,60,72)(H,61,78)(H,62,79)(H,63,70)(H,64,69)(H,65,73)(H,76,77)/t37-,39?,40?,57-/m0/s1. The van der Waals surface area contributed by atoms with Crippen molar-refractivity contribution in [2.45, 2.75) is 121 Å². The maximum atomic E-state index is 15.4. The predicted molar refractivity (Wildman–Crippen MR) is 290 cm³/mol. The van der Waals surface area contributed by atoms with Crippen LogP contribution in [0.25, 0.3) is 22.3 Å². The van der Waals surface area contributed by atoms with E-state index in [0.717, 1.165) is 22.6 Å². The Morgan fingerprint density at radius 3 is 2.14 bits per heavy atom. The number of carbonyl (C=O) groups excluding carboxylic acids is 10. The number of aliphatic carboxylic acids is 1. The Bertz CT molecular complexity index is 3400. The number of amides is 9. The number of esters is 1. The zero-order chi connectivity index (χ0) is 59.7. The molecular weight excluding hydrogens is 1080 g/mol. The molecule has 438 valence electrons. The summed E-state index contributed by atoms with van der Waals surface area (Å²) in [5.41, 5.74) is 1.90. The molecule has 1 aliphatic carbocycles. The highest BCUT2D eigenvalue weighted by molar-refractivity contribution is 6.12. The number of aliphatic hydroxyl groups is 1. The molecule has 8 rings (SSSR count). The number of pyridine rings is 2. The van der Waals surface area contributed by atoms with Crippen molar-refractivity contribution in [3.8, 4) is 11.4 Å². The number of carbonyl (C=O) groups is 11. The molecule has 0 spiro atoms. The van der Waals surface area contributed by atoms with Gasteiger partial charge in [-0.25, -0.2) is 14.2 Å². The van der Waals surface area contributed by atoms with E-state index in [4.69, 9.17) is 9.72 Å². The van der Waals surface area contributed by atoms with Gasteiger partial charge in [-0.3, -0.25) is 57.6 Å². The molecule has 0 bridgehead atoms. The quantitative estimate of drug-likeness (QED) is 0.0201. The molecule has 4 aliphatic rings. The first-order valence-electron chi connectivity index (χ1n) is 27.2. The van der Waals surface area contributed by atoms with Crippen molar-refractivity contribution in [1.82, 2.24) is 51.7 Å². The third-order valence-corrected chi connectivity index (χ3v) is 15.1. The highest BCUT2D eigenvalue weighted by Gasteiger charge is 2.46. The van der Waals surface area contributed by atoms with Crippen LogP contribution in [0.15, 0.2) is 59.4 Å². The molecule has 2 aromatic heterocycles. The summed E-state index contributed by atoms with van der Waals surface area (Å²) in [6.07, 6.45) is 3.52. The summed E-state index contributed by atoms with van der Waals surface area (Å²) in [6.45, 7) is 1.35. The smallest absolute Gasteiger partial charge is 0.343 e. The van der Waals surface area contributed by atoms with Crippen molar-refractivity contribution < 1.29 is 72.1 Å². The van der Waals surface area contributed by atoms with E-state index in [1.54, 1.807) is 50.2 Å². The Kier molecular flexibility index (Phi) is 18.9. The van der Waals surface area contributed by atoms with Crippen molar-refractivity contribution in [3.63, 3.8) is 0 Å². The molecule has 83 heavy (non-hydrogen) atoms. The summed E-state index contributed by atoms with van der Waals surface area (Å²) >= 11 is 0. The average Bonchev–Trinajstić information content (AvgIpc) is 1.88. The van der Waals surface area contributed by atoms with Crippen molar-refractivity contribution in [3.05, 3.63) is 110 Å². The first-order chi connectivity index (χ1) is 39.7. The van der Waals surface area contributed by atoms with Crippen LogP contribution in [0.3, 0.4) is 0 Å². The number of hydrogen-bond donors (Lipinski definition) is 9. The number of unbranched alkanes of at least 4 members (excludes halogenated alkanes) is 2. The number of carboxylic acid groups (broad SMARTS) is 1. The summed E-state index contributed by atoms with van der Waals surface area (Å²) < 4.78 is 22.1. The van der Waals surface area contributed by atoms with Crippen molar-refractivity contribution in [2.75, 3.05) is 32.7 Å². The Morgan fingerprint density at radius 2 is 1.45 bits per heavy atom. The van der Waals surface area contributed by atoms with Crippen LogP contribution in [0, 0.1) is 12.7 Å². The second kappa shape index (κ2) is 26.1. The average molecular weight is 1150 g/mol. The normalized spacial score (nSPS) is 17.1. The van der Waals surface area contributed by atoms with Gasteiger partial charge in [-0.05, 0) is 73.8 Å². The van der Waals surface area contributed by atoms with E-state index in [2.05, 4.69) is 37.2 Å². The number of cyclic esters (lactones) is 1. The number of aryl methyl sites for hydroxylation is 1. The van der Waals surface area contributed by atoms with Crippen LogP contribution in [0.4, 0.5) is 4.39 Å². The molecule has 9 amide bonds. The highest BCUT2D eigenvalue weighted by Crippen LogP contribution is 2.46. The minimum Gasteiger partial charge on any atom is -0.481 e. The van der Waals surface area contributed by atoms with Gasteiger partial charge in [-0.2, -0.15) is 0 Å². The lowest BCUT2D eigenvalue weighted by Crippen LogP contribution is -2.53. The van der Waals surface area contributed by atoms with Crippen molar-refractivity contribution in [1.29, 1.82) is 0 Å². The fourth-order valence-corrected chi connectivity index (χ4v) is 10.7. The molecule has 4 atom stereocenters. The molecule has 9 N–H and O–H groups in total. The van der Waals surface area contributed by atoms with Gasteiger partial charge in [0.2, 0.25) is 41.4 Å². The second-order valence-electron chi connectivity index (χ2n) is 20.6. The van der Waals surface area contributed by atoms with Gasteiger partial charge in [0.15, 0.2) is 5.60 Å². The maximum absolute atomic E-state index is 15.4. The zero-order valence-corrected chi connectivity index (χ0v) is 45.6. The largest absolute Gasteiger partial charge is 0.481 e. The lowest BCUT2D eigenvalue weighted by atomic mass is 9.81. The van der Waals surface area contributed by atoms with E-state index < -0.39 is 120 Å². The minimum atomic E-state index is -2.06. The third-order valence-electron chi connectivity index (χ3n) is 15.1. The SMILES string of the molecule is CC[C@@]1(O)C(=O)OCc2c1cc1n(c2=O)Cc2c-1nc1cc(F)c(C)c3c1c2[C@@H](NC(=O)CCCNC(=O)CNC(=O)C(Cc1ccccc1)NC(=O)CNC(=O)CNC(=O)C(CC(=O)O)NC(=O)CCCCCN1C(=O)C=CC1=O)CC3. The monoisotopic (exact) mass is 1150 g/mol. The van der Waals surface area contributed by atoms with E-state index in [9.17, 15) is 67.7 Å². The van der Waals surface area contributed by atoms with Gasteiger partial charge in [0.25, 0.3) is 17.4 Å². The molecule has 0 saturated heterocycles. The van der Waals surface area contributed by atoms with Gasteiger partial charge in [0.1, 0.15) is 24.5 Å². The number of benzene rings is 2. The Labute approximate surface area is 473 Å². The van der Waals surface area contributed by atoms with Crippen LogP contribution in [0.1, 0.15) is 110 Å². The fourth-order valence-electron chi connectivity index (χ4n) is 10.7. The topological polar surface area (TPSA) is 360 Å². The molecule has 2 aromatic carbocycles. The fraction of sp³-hybridized carbons (Fsp3) is 0.421. The van der Waals surface area contributed by atoms with Crippen molar-refractivity contribution in [2.24, 2.45) is 0 Å². The van der Waals surface area contributed by atoms with Gasteiger partial charge in [-0.1, -0.05) is 43.7 Å². The summed E-state index contributed by atoms with van der Waals surface area (Å²) in [7, 11) is 0. The molecule has 0 fully saturated rings. The molecule has 3 aliphatic heterocycles. The molecule has 2 unspecified atom stereocenters. The van der Waals surface area contributed by atoms with E-state index >= 15 is 4.39 Å². The van der Waals surface area contributed by atoms with Gasteiger partial charge in [0.05, 0.1) is 61.1 Å². The lowest BCUT2D eigenvalue weighted by Gasteiger charge is -2.31. The second-order valence-corrected chi connectivity index (χ2v) is 20.6. The van der Waals surface area contributed by atoms with Gasteiger partial charge in [0, 0.05) is 67.1 Å². The van der Waals surface area contributed by atoms with E-state index in [0.29, 0.717) is 76.6 Å². The molecule has 25 nitrogen and oxygen atoms in total. The summed E-state index contributed by atoms with van der Waals surface area (Å²) in [5.74, 6) is -8.60. The number of hydrogen-bond acceptors (Lipinski definition) is 15. The minimum absolute atomic E-state index is 0.0146. The summed E-state index contributed by atoms with van der Waals surface area (Å²) in [6, 6.07) is 8.15. The zero-order valence-electron chi connectivity index (χ0n) is 45.6.